The highest BCUT2D eigenvalue weighted by molar-refractivity contribution is 5.76. The minimum absolute atomic E-state index is 0.193. The number of hydrogen-bond donors (Lipinski definition) is 0. The summed E-state index contributed by atoms with van der Waals surface area (Å²) in [5.74, 6) is 12.7. The lowest BCUT2D eigenvalue weighted by Crippen LogP contribution is -2.36. The van der Waals surface area contributed by atoms with E-state index < -0.39 is 0 Å². The lowest BCUT2D eigenvalue weighted by Gasteiger charge is -2.22. The lowest BCUT2D eigenvalue weighted by atomic mass is 10.1. The molecule has 0 unspecified atom stereocenters. The zero-order valence-electron chi connectivity index (χ0n) is 26.5. The van der Waals surface area contributed by atoms with Crippen LogP contribution in [0.1, 0.15) is 129 Å². The second kappa shape index (κ2) is 31.4. The summed E-state index contributed by atoms with van der Waals surface area (Å²) < 4.78 is 22.2. The Morgan fingerprint density at radius 2 is 0.878 bits per heavy atom. The Balaban J connectivity index is 1.98. The number of hydrogen-bond acceptors (Lipinski definition) is 5. The van der Waals surface area contributed by atoms with Gasteiger partial charge in [0.05, 0.1) is 52.9 Å². The molecule has 1 fully saturated rings. The van der Waals surface area contributed by atoms with Crippen LogP contribution in [0, 0.1) is 23.7 Å². The van der Waals surface area contributed by atoms with E-state index in [0.717, 1.165) is 32.1 Å². The summed E-state index contributed by atoms with van der Waals surface area (Å²) in [7, 11) is 0. The molecule has 0 spiro atoms. The molecule has 6 nitrogen and oxygen atoms in total. The maximum Gasteiger partial charge on any atom is 0.222 e. The number of rotatable bonds is 18. The zero-order valence-corrected chi connectivity index (χ0v) is 26.5. The fraction of sp³-hybridized carbons (Fsp3) is 0.857. The predicted molar refractivity (Wildman–Crippen MR) is 169 cm³/mol. The molecule has 41 heavy (non-hydrogen) atoms. The van der Waals surface area contributed by atoms with E-state index in [9.17, 15) is 4.79 Å². The number of unbranched alkanes of at least 4 members (excludes halogenated alkanes) is 16. The maximum atomic E-state index is 12.7. The lowest BCUT2D eigenvalue weighted by molar-refractivity contribution is -0.133. The molecule has 0 aromatic heterocycles. The average molecular weight is 576 g/mol. The summed E-state index contributed by atoms with van der Waals surface area (Å²) in [6.45, 7) is 7.84. The summed E-state index contributed by atoms with van der Waals surface area (Å²) in [6.07, 6.45) is 22.9. The van der Waals surface area contributed by atoms with E-state index >= 15 is 0 Å². The Kier molecular flexibility index (Phi) is 28.7. The summed E-state index contributed by atoms with van der Waals surface area (Å²) in [5, 5.41) is 0. The van der Waals surface area contributed by atoms with Gasteiger partial charge in [0.2, 0.25) is 5.91 Å². The van der Waals surface area contributed by atoms with Crippen molar-refractivity contribution >= 4 is 5.91 Å². The van der Waals surface area contributed by atoms with E-state index in [0.29, 0.717) is 72.4 Å². The van der Waals surface area contributed by atoms with Crippen LogP contribution in [0.2, 0.25) is 0 Å². The molecular formula is C35H61NO5. The van der Waals surface area contributed by atoms with Crippen molar-refractivity contribution in [1.29, 1.82) is 0 Å². The molecule has 0 aromatic rings. The van der Waals surface area contributed by atoms with Crippen LogP contribution in [0.4, 0.5) is 0 Å². The first-order valence-corrected chi connectivity index (χ1v) is 16.9. The van der Waals surface area contributed by atoms with Crippen molar-refractivity contribution < 1.29 is 23.7 Å². The Morgan fingerprint density at radius 3 is 1.32 bits per heavy atom. The van der Waals surface area contributed by atoms with Gasteiger partial charge in [0.25, 0.3) is 0 Å². The Labute approximate surface area is 253 Å². The quantitative estimate of drug-likeness (QED) is 0.126. The smallest absolute Gasteiger partial charge is 0.222 e. The fourth-order valence-corrected chi connectivity index (χ4v) is 4.74. The van der Waals surface area contributed by atoms with Gasteiger partial charge in [-0.25, -0.2) is 0 Å². The molecule has 0 aromatic carbocycles. The third-order valence-corrected chi connectivity index (χ3v) is 7.32. The molecule has 1 aliphatic rings. The minimum Gasteiger partial charge on any atom is -0.377 e. The molecule has 236 valence electrons. The van der Waals surface area contributed by atoms with E-state index in [1.165, 1.54) is 83.5 Å². The molecule has 6 heteroatoms. The van der Waals surface area contributed by atoms with E-state index in [2.05, 4.69) is 30.6 Å². The minimum atomic E-state index is 0.193. The van der Waals surface area contributed by atoms with Crippen LogP contribution in [-0.4, -0.2) is 76.8 Å². The van der Waals surface area contributed by atoms with Gasteiger partial charge in [-0.3, -0.25) is 4.79 Å². The van der Waals surface area contributed by atoms with Crippen LogP contribution in [0.5, 0.6) is 0 Å². The first-order chi connectivity index (χ1) is 20.3. The highest BCUT2D eigenvalue weighted by atomic mass is 16.6. The molecule has 0 radical (unpaired) electrons. The highest BCUT2D eigenvalue weighted by Gasteiger charge is 2.13. The summed E-state index contributed by atoms with van der Waals surface area (Å²) in [4.78, 5) is 14.6. The Bertz CT molecular complexity index is 689. The van der Waals surface area contributed by atoms with Crippen molar-refractivity contribution in [3.63, 3.8) is 0 Å². The van der Waals surface area contributed by atoms with Crippen LogP contribution in [0.25, 0.3) is 0 Å². The molecule has 1 heterocycles. The van der Waals surface area contributed by atoms with Crippen LogP contribution in [0.15, 0.2) is 0 Å². The fourth-order valence-electron chi connectivity index (χ4n) is 4.74. The van der Waals surface area contributed by atoms with E-state index in [1.807, 2.05) is 4.90 Å². The largest absolute Gasteiger partial charge is 0.377 e. The van der Waals surface area contributed by atoms with Gasteiger partial charge in [0, 0.05) is 32.4 Å². The molecule has 0 atom stereocenters. The van der Waals surface area contributed by atoms with Gasteiger partial charge in [0.15, 0.2) is 0 Å². The van der Waals surface area contributed by atoms with Gasteiger partial charge >= 0.3 is 0 Å². The number of ether oxygens (including phenoxy) is 4. The van der Waals surface area contributed by atoms with Crippen LogP contribution < -0.4 is 0 Å². The maximum absolute atomic E-state index is 12.7. The van der Waals surface area contributed by atoms with Crippen molar-refractivity contribution in [2.75, 3.05) is 65.9 Å². The van der Waals surface area contributed by atoms with Gasteiger partial charge in [0.1, 0.15) is 0 Å². The Hall–Kier alpha value is -1.57. The standard InChI is InChI=1S/C35H61NO5/c1-2-3-4-5-6-7-8-9-10-11-12-13-14-15-16-17-18-19-20-21-22-23-24-35(37)36-25-27-38-29-31-40-33-34-41-32-30-39-28-26-36/h2-12,17-34H2,1H3. The molecular weight excluding hydrogens is 514 g/mol. The molecule has 1 rings (SSSR count). The first kappa shape index (κ1) is 37.5. The monoisotopic (exact) mass is 575 g/mol. The second-order valence-corrected chi connectivity index (χ2v) is 11.0. The molecule has 0 saturated carbocycles. The van der Waals surface area contributed by atoms with E-state index in [1.54, 1.807) is 0 Å². The zero-order chi connectivity index (χ0) is 29.3. The second-order valence-electron chi connectivity index (χ2n) is 11.0. The topological polar surface area (TPSA) is 57.2 Å². The molecule has 1 amide bonds. The summed E-state index contributed by atoms with van der Waals surface area (Å²) in [6, 6.07) is 0. The number of carbonyl (C=O) groups excluding carboxylic acids is 1. The SMILES string of the molecule is CCCCCCCCCCCCC#CC#CCCCCCCCCC(=O)N1CCOCCOCCOCCOCC1. The molecule has 0 aliphatic carbocycles. The van der Waals surface area contributed by atoms with Gasteiger partial charge in [-0.05, 0) is 31.1 Å². The number of carbonyl (C=O) groups is 1. The Morgan fingerprint density at radius 1 is 0.512 bits per heavy atom. The number of amides is 1. The molecule has 1 saturated heterocycles. The van der Waals surface area contributed by atoms with Crippen LogP contribution in [-0.2, 0) is 23.7 Å². The van der Waals surface area contributed by atoms with Crippen molar-refractivity contribution in [3.8, 4) is 23.7 Å². The third-order valence-electron chi connectivity index (χ3n) is 7.32. The first-order valence-electron chi connectivity index (χ1n) is 16.9. The van der Waals surface area contributed by atoms with Gasteiger partial charge < -0.3 is 23.8 Å². The number of nitrogens with zero attached hydrogens (tertiary/aromatic N) is 1. The van der Waals surface area contributed by atoms with E-state index in [4.69, 9.17) is 18.9 Å². The van der Waals surface area contributed by atoms with E-state index in [-0.39, 0.29) is 5.91 Å². The third kappa shape index (κ3) is 27.0. The average Bonchev–Trinajstić information content (AvgIpc) is 2.99. The molecule has 0 bridgehead atoms. The van der Waals surface area contributed by atoms with Crippen molar-refractivity contribution in [2.24, 2.45) is 0 Å². The van der Waals surface area contributed by atoms with Gasteiger partial charge in [-0.2, -0.15) is 0 Å². The van der Waals surface area contributed by atoms with Gasteiger partial charge in [-0.1, -0.05) is 102 Å². The molecule has 1 aliphatic heterocycles. The highest BCUT2D eigenvalue weighted by Crippen LogP contribution is 2.11. The van der Waals surface area contributed by atoms with Crippen molar-refractivity contribution in [1.82, 2.24) is 4.90 Å². The van der Waals surface area contributed by atoms with Crippen molar-refractivity contribution in [3.05, 3.63) is 0 Å². The molecule has 0 N–H and O–H groups in total. The normalized spacial score (nSPS) is 15.6. The van der Waals surface area contributed by atoms with Crippen LogP contribution in [0.3, 0.4) is 0 Å². The van der Waals surface area contributed by atoms with Crippen LogP contribution >= 0.6 is 0 Å². The predicted octanol–water partition coefficient (Wildman–Crippen LogP) is 7.33. The summed E-state index contributed by atoms with van der Waals surface area (Å²) in [5.41, 5.74) is 0. The van der Waals surface area contributed by atoms with Gasteiger partial charge in [-0.15, -0.1) is 0 Å². The van der Waals surface area contributed by atoms with Crippen molar-refractivity contribution in [2.45, 2.75) is 129 Å². The summed E-state index contributed by atoms with van der Waals surface area (Å²) >= 11 is 0.